The molecule has 7 nitrogen and oxygen atoms in total. The Morgan fingerprint density at radius 3 is 2.79 bits per heavy atom. The van der Waals surface area contributed by atoms with E-state index in [1.165, 1.54) is 11.1 Å². The number of amides is 1. The van der Waals surface area contributed by atoms with E-state index in [0.717, 1.165) is 29.9 Å². The van der Waals surface area contributed by atoms with Crippen LogP contribution in [0.3, 0.4) is 0 Å². The first kappa shape index (κ1) is 17.0. The van der Waals surface area contributed by atoms with Crippen LogP contribution in [0.15, 0.2) is 61.2 Å². The summed E-state index contributed by atoms with van der Waals surface area (Å²) in [6, 6.07) is 14.9. The van der Waals surface area contributed by atoms with Crippen LogP contribution in [0.2, 0.25) is 0 Å². The minimum absolute atomic E-state index is 0.0942. The zero-order chi connectivity index (χ0) is 18.9. The van der Waals surface area contributed by atoms with Gasteiger partial charge in [0.2, 0.25) is 5.91 Å². The molecule has 2 unspecified atom stereocenters. The molecule has 3 heterocycles. The molecule has 1 saturated heterocycles. The third kappa shape index (κ3) is 3.37. The van der Waals surface area contributed by atoms with Crippen LogP contribution >= 0.6 is 0 Å². The van der Waals surface area contributed by atoms with Crippen molar-refractivity contribution in [2.24, 2.45) is 0 Å². The van der Waals surface area contributed by atoms with Crippen molar-refractivity contribution >= 4 is 17.3 Å². The number of fused-ring (bicyclic) bond motifs is 1. The Hall–Kier alpha value is -3.16. The Bertz CT molecular complexity index is 983. The number of imidazole rings is 1. The summed E-state index contributed by atoms with van der Waals surface area (Å²) < 4.78 is 1.99. The number of carbonyl (C=O) groups is 1. The molecule has 2 atom stereocenters. The summed E-state index contributed by atoms with van der Waals surface area (Å²) in [6.07, 6.45) is 7.92. The van der Waals surface area contributed by atoms with E-state index >= 15 is 0 Å². The normalized spacial score (nSPS) is 21.2. The maximum absolute atomic E-state index is 11.5. The predicted octanol–water partition coefficient (Wildman–Crippen LogP) is 2.73. The molecular formula is C21H22N6O. The Morgan fingerprint density at radius 2 is 1.96 bits per heavy atom. The van der Waals surface area contributed by atoms with Gasteiger partial charge in [-0.25, -0.2) is 15.8 Å². The minimum atomic E-state index is 0.0942. The molecule has 5 rings (SSSR count). The van der Waals surface area contributed by atoms with Crippen LogP contribution in [0, 0.1) is 0 Å². The molecule has 1 aromatic heterocycles. The zero-order valence-corrected chi connectivity index (χ0v) is 15.4. The lowest BCUT2D eigenvalue weighted by Crippen LogP contribution is -2.35. The molecule has 7 heteroatoms. The van der Waals surface area contributed by atoms with Gasteiger partial charge in [0.15, 0.2) is 0 Å². The maximum Gasteiger partial charge on any atom is 0.224 e. The summed E-state index contributed by atoms with van der Waals surface area (Å²) in [4.78, 5) is 15.6. The van der Waals surface area contributed by atoms with Crippen molar-refractivity contribution in [1.82, 2.24) is 20.4 Å². The van der Waals surface area contributed by atoms with Gasteiger partial charge in [0, 0.05) is 48.3 Å². The van der Waals surface area contributed by atoms with Gasteiger partial charge in [0.1, 0.15) is 0 Å². The fourth-order valence-corrected chi connectivity index (χ4v) is 3.83. The zero-order valence-electron chi connectivity index (χ0n) is 15.4. The number of nitrogens with one attached hydrogen (secondary N) is 4. The second-order valence-electron chi connectivity index (χ2n) is 7.26. The van der Waals surface area contributed by atoms with E-state index in [4.69, 9.17) is 0 Å². The van der Waals surface area contributed by atoms with Crippen molar-refractivity contribution in [3.05, 3.63) is 72.3 Å². The summed E-state index contributed by atoms with van der Waals surface area (Å²) in [5, 5.41) is 6.46. The fraction of sp³-hybridized carbons (Fsp3) is 0.238. The van der Waals surface area contributed by atoms with Gasteiger partial charge in [-0.2, -0.15) is 0 Å². The second-order valence-corrected chi connectivity index (χ2v) is 7.26. The smallest absolute Gasteiger partial charge is 0.224 e. The molecular weight excluding hydrogens is 352 g/mol. The van der Waals surface area contributed by atoms with Crippen LogP contribution in [0.25, 0.3) is 5.69 Å². The van der Waals surface area contributed by atoms with E-state index in [-0.39, 0.29) is 18.1 Å². The molecule has 0 bridgehead atoms. The largest absolute Gasteiger partial charge is 0.369 e. The Morgan fingerprint density at radius 1 is 1.07 bits per heavy atom. The number of anilines is 2. The van der Waals surface area contributed by atoms with Gasteiger partial charge < -0.3 is 15.2 Å². The topological polar surface area (TPSA) is 83.0 Å². The Balaban J connectivity index is 1.23. The van der Waals surface area contributed by atoms with Crippen molar-refractivity contribution in [3.63, 3.8) is 0 Å². The number of nitrogens with zero attached hydrogens (tertiary/aromatic N) is 2. The molecule has 0 spiro atoms. The summed E-state index contributed by atoms with van der Waals surface area (Å²) >= 11 is 0. The van der Waals surface area contributed by atoms with Crippen molar-refractivity contribution < 1.29 is 4.79 Å². The summed E-state index contributed by atoms with van der Waals surface area (Å²) in [7, 11) is 0. The first-order valence-corrected chi connectivity index (χ1v) is 9.53. The number of aromatic nitrogens is 2. The van der Waals surface area contributed by atoms with E-state index < -0.39 is 0 Å². The van der Waals surface area contributed by atoms with Crippen LogP contribution in [-0.4, -0.2) is 21.6 Å². The fourth-order valence-electron chi connectivity index (χ4n) is 3.83. The molecule has 2 aromatic carbocycles. The van der Waals surface area contributed by atoms with Crippen LogP contribution in [0.5, 0.6) is 0 Å². The molecule has 0 radical (unpaired) electrons. The molecule has 2 aliphatic heterocycles. The SMILES string of the molecule is O=C1CCc2cc(NC3CC(c4ccc(-n5ccnc5)cc4)NN3)ccc2N1. The van der Waals surface area contributed by atoms with Crippen molar-refractivity contribution in [1.29, 1.82) is 0 Å². The predicted molar refractivity (Wildman–Crippen MR) is 108 cm³/mol. The van der Waals surface area contributed by atoms with Crippen LogP contribution in [0.1, 0.15) is 30.0 Å². The average molecular weight is 374 g/mol. The summed E-state index contributed by atoms with van der Waals surface area (Å²) in [5.74, 6) is 0.0942. The van der Waals surface area contributed by atoms with Crippen LogP contribution in [-0.2, 0) is 11.2 Å². The van der Waals surface area contributed by atoms with Gasteiger partial charge in [-0.3, -0.25) is 4.79 Å². The summed E-state index contributed by atoms with van der Waals surface area (Å²) in [6.45, 7) is 0. The van der Waals surface area contributed by atoms with Crippen molar-refractivity contribution in [2.75, 3.05) is 10.6 Å². The maximum atomic E-state index is 11.5. The monoisotopic (exact) mass is 374 g/mol. The molecule has 28 heavy (non-hydrogen) atoms. The highest BCUT2D eigenvalue weighted by Gasteiger charge is 2.25. The number of hydrogen-bond acceptors (Lipinski definition) is 5. The van der Waals surface area contributed by atoms with Gasteiger partial charge in [-0.15, -0.1) is 0 Å². The number of hydrogen-bond donors (Lipinski definition) is 4. The number of rotatable bonds is 4. The highest BCUT2D eigenvalue weighted by molar-refractivity contribution is 5.94. The van der Waals surface area contributed by atoms with Crippen molar-refractivity contribution in [2.45, 2.75) is 31.5 Å². The first-order chi connectivity index (χ1) is 13.7. The van der Waals surface area contributed by atoms with Gasteiger partial charge in [-0.1, -0.05) is 12.1 Å². The molecule has 142 valence electrons. The molecule has 0 aliphatic carbocycles. The molecule has 3 aromatic rings. The molecule has 0 saturated carbocycles. The Kier molecular flexibility index (Phi) is 4.31. The molecule has 4 N–H and O–H groups in total. The third-order valence-electron chi connectivity index (χ3n) is 5.34. The van der Waals surface area contributed by atoms with E-state index in [9.17, 15) is 4.79 Å². The van der Waals surface area contributed by atoms with E-state index in [1.54, 1.807) is 12.5 Å². The molecule has 1 amide bonds. The van der Waals surface area contributed by atoms with Crippen LogP contribution < -0.4 is 21.5 Å². The third-order valence-corrected chi connectivity index (χ3v) is 5.34. The number of benzene rings is 2. The second kappa shape index (κ2) is 7.10. The van der Waals surface area contributed by atoms with Gasteiger partial charge in [0.05, 0.1) is 12.5 Å². The van der Waals surface area contributed by atoms with Crippen LogP contribution in [0.4, 0.5) is 11.4 Å². The van der Waals surface area contributed by atoms with Gasteiger partial charge in [-0.05, 0) is 47.9 Å². The van der Waals surface area contributed by atoms with Gasteiger partial charge in [0.25, 0.3) is 0 Å². The minimum Gasteiger partial charge on any atom is -0.369 e. The highest BCUT2D eigenvalue weighted by Crippen LogP contribution is 2.28. The quantitative estimate of drug-likeness (QED) is 0.564. The number of carbonyl (C=O) groups excluding carboxylic acids is 1. The highest BCUT2D eigenvalue weighted by atomic mass is 16.1. The number of aryl methyl sites for hydroxylation is 1. The first-order valence-electron chi connectivity index (χ1n) is 9.53. The average Bonchev–Trinajstić information content (AvgIpc) is 3.41. The lowest BCUT2D eigenvalue weighted by atomic mass is 10.0. The molecule has 1 fully saturated rings. The molecule has 2 aliphatic rings. The van der Waals surface area contributed by atoms with Crippen molar-refractivity contribution in [3.8, 4) is 5.69 Å². The lowest BCUT2D eigenvalue weighted by Gasteiger charge is -2.19. The lowest BCUT2D eigenvalue weighted by molar-refractivity contribution is -0.116. The van der Waals surface area contributed by atoms with E-state index in [0.29, 0.717) is 6.42 Å². The number of hydrazine groups is 1. The summed E-state index contributed by atoms with van der Waals surface area (Å²) in [5.41, 5.74) is 12.2. The Labute approximate surface area is 163 Å². The van der Waals surface area contributed by atoms with Gasteiger partial charge >= 0.3 is 0 Å². The standard InChI is InChI=1S/C21H22N6O/c28-21-8-3-15-11-16(4-7-18(15)24-21)23-20-12-19(25-26-20)14-1-5-17(6-2-14)27-10-9-22-13-27/h1-2,4-7,9-11,13,19-20,23,25-26H,3,8,12H2,(H,24,28). The van der Waals surface area contributed by atoms with E-state index in [1.807, 2.05) is 22.9 Å². The van der Waals surface area contributed by atoms with E-state index in [2.05, 4.69) is 56.8 Å².